The number of carbonyl (C=O) groups is 3. The number of nitrogens with two attached hydrogens (primary N) is 1. The van der Waals surface area contributed by atoms with Crippen molar-refractivity contribution in [3.8, 4) is 0 Å². The number of carboxylic acids is 1. The average molecular weight is 369 g/mol. The molecule has 0 fully saturated rings. The topological polar surface area (TPSA) is 177 Å². The summed E-state index contributed by atoms with van der Waals surface area (Å²) < 4.78 is 3.51. The van der Waals surface area contributed by atoms with Crippen molar-refractivity contribution >= 4 is 40.1 Å². The Bertz CT molecular complexity index is 621. The van der Waals surface area contributed by atoms with Crippen molar-refractivity contribution in [3.63, 3.8) is 0 Å². The fourth-order valence-corrected chi connectivity index (χ4v) is 1.54. The van der Waals surface area contributed by atoms with Gasteiger partial charge in [0.2, 0.25) is 5.91 Å². The third-order valence-electron chi connectivity index (χ3n) is 2.65. The zero-order valence-corrected chi connectivity index (χ0v) is 14.4. The first-order valence-electron chi connectivity index (χ1n) is 6.68. The van der Waals surface area contributed by atoms with Gasteiger partial charge >= 0.3 is 77.9 Å². The Morgan fingerprint density at radius 2 is 1.96 bits per heavy atom. The van der Waals surface area contributed by atoms with Crippen LogP contribution in [0.25, 0.3) is 0 Å². The second-order valence-electron chi connectivity index (χ2n) is 4.38. The maximum absolute atomic E-state index is 11.0. The number of nitro groups is 1. The molecule has 0 saturated heterocycles. The number of likely N-dealkylation sites (N-methyl/N-ethyl adjacent to an activating group) is 1. The molecule has 0 spiro atoms. The van der Waals surface area contributed by atoms with Crippen LogP contribution in [0.3, 0.4) is 0 Å². The number of primary amides is 1. The van der Waals surface area contributed by atoms with Crippen LogP contribution in [0.1, 0.15) is 16.8 Å². The zero-order chi connectivity index (χ0) is 19.4. The summed E-state index contributed by atoms with van der Waals surface area (Å²) in [4.78, 5) is 41.5. The average Bonchev–Trinajstić information content (AvgIpc) is 2.58. The third-order valence-corrected chi connectivity index (χ3v) is 2.80. The standard InChI is InChI=1S/C7H6N2O3.C5H11BN3O3P/c8-7(10)5-1-3-6(4-2-5)9(11)12;1-7-5(12)3(2-4(10)11)8-6-9-13/h1-4H,(H2,8,10);3,8H,2,13H2,1H3,(H,7,12)(H,10,11). The van der Waals surface area contributed by atoms with Crippen LogP contribution in [0, 0.1) is 10.1 Å². The van der Waals surface area contributed by atoms with Gasteiger partial charge in [-0.05, 0) is 12.1 Å². The summed E-state index contributed by atoms with van der Waals surface area (Å²) in [6.45, 7) is 0. The number of hydrogen-bond acceptors (Lipinski definition) is 6. The number of nitrogens with zero attached hydrogens (tertiary/aromatic N) is 2. The van der Waals surface area contributed by atoms with E-state index in [1.54, 1.807) is 0 Å². The summed E-state index contributed by atoms with van der Waals surface area (Å²) in [6, 6.07) is 4.33. The molecule has 1 aromatic rings. The monoisotopic (exact) mass is 369 g/mol. The van der Waals surface area contributed by atoms with Crippen LogP contribution >= 0.6 is 9.39 Å². The minimum absolute atomic E-state index is 0.0556. The van der Waals surface area contributed by atoms with Gasteiger partial charge in [0.25, 0.3) is 5.69 Å². The van der Waals surface area contributed by atoms with Crippen LogP contribution in [0.5, 0.6) is 0 Å². The first-order valence-corrected chi connectivity index (χ1v) is 7.20. The molecule has 0 radical (unpaired) electrons. The number of nitrogens with one attached hydrogen (secondary N) is 2. The SMILES string of the molecule is CNC(=O)C(CC(=O)O)NB=NP.NC(=O)c1ccc([N+](=O)[O-])cc1. The van der Waals surface area contributed by atoms with Crippen molar-refractivity contribution < 1.29 is 24.4 Å². The van der Waals surface area contributed by atoms with E-state index in [2.05, 4.69) is 24.6 Å². The second-order valence-corrected chi connectivity index (χ2v) is 4.68. The van der Waals surface area contributed by atoms with E-state index < -0.39 is 22.8 Å². The Labute approximate surface area is 145 Å². The molecular weight excluding hydrogens is 352 g/mol. The van der Waals surface area contributed by atoms with Crippen LogP contribution in [0.4, 0.5) is 5.69 Å². The second kappa shape index (κ2) is 11.6. The summed E-state index contributed by atoms with van der Waals surface area (Å²) in [5, 5.41) is 23.5. The number of aliphatic carboxylic acids is 1. The molecule has 2 amide bonds. The summed E-state index contributed by atoms with van der Waals surface area (Å²) in [5.74, 6) is -2.02. The summed E-state index contributed by atoms with van der Waals surface area (Å²) in [7, 11) is 4.76. The fourth-order valence-electron chi connectivity index (χ4n) is 1.46. The van der Waals surface area contributed by atoms with Crippen LogP contribution in [-0.2, 0) is 9.59 Å². The molecule has 0 aliphatic heterocycles. The van der Waals surface area contributed by atoms with Gasteiger partial charge in [-0.1, -0.05) is 0 Å². The molecule has 1 rings (SSSR count). The molecule has 13 heteroatoms. The van der Waals surface area contributed by atoms with Gasteiger partial charge < -0.3 is 5.73 Å². The van der Waals surface area contributed by atoms with Gasteiger partial charge in [0.15, 0.2) is 0 Å². The van der Waals surface area contributed by atoms with E-state index >= 15 is 0 Å². The maximum atomic E-state index is 11.0. The van der Waals surface area contributed by atoms with Gasteiger partial charge in [0.05, 0.1) is 4.92 Å². The van der Waals surface area contributed by atoms with E-state index in [9.17, 15) is 24.5 Å². The summed E-state index contributed by atoms with van der Waals surface area (Å²) in [6.07, 6.45) is -0.281. The van der Waals surface area contributed by atoms with E-state index in [4.69, 9.17) is 10.8 Å². The van der Waals surface area contributed by atoms with Crippen molar-refractivity contribution in [3.05, 3.63) is 39.9 Å². The van der Waals surface area contributed by atoms with E-state index in [1.807, 2.05) is 0 Å². The molecule has 11 nitrogen and oxygen atoms in total. The molecule has 25 heavy (non-hydrogen) atoms. The number of nitro benzene ring substituents is 1. The largest absolute Gasteiger partial charge is 0.366 e. The molecule has 0 aromatic heterocycles. The predicted octanol–water partition coefficient (Wildman–Crippen LogP) is -0.548. The normalized spacial score (nSPS) is 10.6. The quantitative estimate of drug-likeness (QED) is 0.216. The fraction of sp³-hybridized carbons (Fsp3) is 0.250. The predicted molar refractivity (Wildman–Crippen MR) is 92.7 cm³/mol. The molecule has 0 aliphatic carbocycles. The first-order chi connectivity index (χ1) is 11.7. The molecule has 2 atom stereocenters. The Balaban J connectivity index is 0.000000462. The zero-order valence-electron chi connectivity index (χ0n) is 13.2. The Hall–Kier alpha value is -2.88. The van der Waals surface area contributed by atoms with Crippen LogP contribution in [-0.4, -0.2) is 48.1 Å². The Morgan fingerprint density at radius 1 is 1.40 bits per heavy atom. The van der Waals surface area contributed by atoms with E-state index in [1.165, 1.54) is 38.5 Å². The number of carboxylic acid groups (broad SMARTS) is 1. The van der Waals surface area contributed by atoms with Gasteiger partial charge in [0.1, 0.15) is 0 Å². The molecule has 134 valence electrons. The molecule has 0 heterocycles. The minimum atomic E-state index is -1.04. The van der Waals surface area contributed by atoms with Gasteiger partial charge in [-0.3, -0.25) is 14.9 Å². The molecule has 1 aromatic carbocycles. The van der Waals surface area contributed by atoms with E-state index in [0.29, 0.717) is 0 Å². The number of non-ortho nitro benzene ring substituents is 1. The number of amides is 2. The molecule has 0 aliphatic rings. The number of rotatable bonds is 7. The van der Waals surface area contributed by atoms with E-state index in [-0.39, 0.29) is 23.6 Å². The van der Waals surface area contributed by atoms with Gasteiger partial charge in [-0.25, -0.2) is 0 Å². The van der Waals surface area contributed by atoms with Crippen molar-refractivity contribution in [1.82, 2.24) is 10.5 Å². The number of carbonyl (C=O) groups excluding carboxylic acids is 2. The van der Waals surface area contributed by atoms with Crippen LogP contribution in [0.2, 0.25) is 0 Å². The van der Waals surface area contributed by atoms with Crippen molar-refractivity contribution in [2.75, 3.05) is 7.05 Å². The molecule has 0 saturated carbocycles. The van der Waals surface area contributed by atoms with Crippen LogP contribution < -0.4 is 16.3 Å². The van der Waals surface area contributed by atoms with E-state index in [0.717, 1.165) is 0 Å². The molecule has 0 bridgehead atoms. The number of benzene rings is 1. The smallest absolute Gasteiger partial charge is 0.269 e. The van der Waals surface area contributed by atoms with Crippen molar-refractivity contribution in [1.29, 1.82) is 0 Å². The van der Waals surface area contributed by atoms with Gasteiger partial charge in [-0.15, -0.1) is 0 Å². The summed E-state index contributed by atoms with van der Waals surface area (Å²) in [5.41, 5.74) is 5.14. The Morgan fingerprint density at radius 3 is 2.32 bits per heavy atom. The molecule has 5 N–H and O–H groups in total. The van der Waals surface area contributed by atoms with Gasteiger partial charge in [0, 0.05) is 17.7 Å². The van der Waals surface area contributed by atoms with Crippen LogP contribution in [0.15, 0.2) is 28.9 Å². The Kier molecular flexibility index (Phi) is 10.3. The maximum Gasteiger partial charge on any atom is 0.269 e. The van der Waals surface area contributed by atoms with Crippen molar-refractivity contribution in [2.24, 2.45) is 10.4 Å². The molecular formula is C12H17BN5O6P. The minimum Gasteiger partial charge on any atom is -0.366 e. The van der Waals surface area contributed by atoms with Gasteiger partial charge in [-0.2, -0.15) is 0 Å². The number of hydrogen-bond donors (Lipinski definition) is 4. The third kappa shape index (κ3) is 9.11. The molecule has 2 unspecified atom stereocenters. The first kappa shape index (κ1) is 22.1. The van der Waals surface area contributed by atoms with Crippen molar-refractivity contribution in [2.45, 2.75) is 12.5 Å². The summed E-state index contributed by atoms with van der Waals surface area (Å²) >= 11 is 0.